The van der Waals surface area contributed by atoms with Crippen molar-refractivity contribution in [2.24, 2.45) is 9.98 Å². The molecule has 0 bridgehead atoms. The summed E-state index contributed by atoms with van der Waals surface area (Å²) in [5.41, 5.74) is 2.00. The fourth-order valence-electron chi connectivity index (χ4n) is 5.00. The van der Waals surface area contributed by atoms with Gasteiger partial charge in [-0.3, -0.25) is 9.69 Å². The van der Waals surface area contributed by atoms with Crippen LogP contribution in [-0.4, -0.2) is 104 Å². The number of carbonyl (C=O) groups is 1. The smallest absolute Gasteiger partial charge is 0.294 e. The summed E-state index contributed by atoms with van der Waals surface area (Å²) in [6, 6.07) is 4.02. The molecule has 1 saturated heterocycles. The molecule has 1 amide bonds. The lowest BCUT2D eigenvalue weighted by Crippen LogP contribution is -2.49. The Morgan fingerprint density at radius 2 is 1.82 bits per heavy atom. The van der Waals surface area contributed by atoms with E-state index in [0.29, 0.717) is 49.8 Å². The van der Waals surface area contributed by atoms with Gasteiger partial charge >= 0.3 is 0 Å². The van der Waals surface area contributed by atoms with E-state index in [-0.39, 0.29) is 36.3 Å². The van der Waals surface area contributed by atoms with Gasteiger partial charge in [0.15, 0.2) is 11.9 Å². The van der Waals surface area contributed by atoms with E-state index in [1.807, 2.05) is 29.8 Å². The molecular weight excluding hydrogens is 540 g/mol. The Bertz CT molecular complexity index is 1320. The highest BCUT2D eigenvalue weighted by molar-refractivity contribution is 7.89. The molecule has 0 aromatic heterocycles. The van der Waals surface area contributed by atoms with Crippen molar-refractivity contribution >= 4 is 27.5 Å². The summed E-state index contributed by atoms with van der Waals surface area (Å²) in [6.07, 6.45) is 4.38. The second-order valence-electron chi connectivity index (χ2n) is 9.72. The average Bonchev–Trinajstić information content (AvgIpc) is 3.30. The molecule has 0 radical (unpaired) electrons. The summed E-state index contributed by atoms with van der Waals surface area (Å²) in [6.45, 7) is 8.61. The van der Waals surface area contributed by atoms with Gasteiger partial charge in [-0.1, -0.05) is 20.3 Å². The first-order valence-electron chi connectivity index (χ1n) is 13.6. The SMILES string of the molecule is CCCOc1ccc(S(=O)(=O)N2CCN(CCO[N+](=O)[O-])CC2)cc1C1=NC(=O)C2C(=N1)C(CCC)=CN2CC. The zero-order chi connectivity index (χ0) is 28.9. The van der Waals surface area contributed by atoms with E-state index < -0.39 is 21.2 Å². The topological polar surface area (TPSA) is 147 Å². The number of hydrogen-bond donors (Lipinski definition) is 0. The fraction of sp³-hybridized carbons (Fsp3) is 0.577. The summed E-state index contributed by atoms with van der Waals surface area (Å²) >= 11 is 0. The van der Waals surface area contributed by atoms with Crippen LogP contribution in [0.5, 0.6) is 5.75 Å². The second kappa shape index (κ2) is 12.9. The number of hydrogen-bond acceptors (Lipinski definition) is 10. The van der Waals surface area contributed by atoms with Crippen LogP contribution in [0.4, 0.5) is 0 Å². The third-order valence-corrected chi connectivity index (χ3v) is 8.92. The first kappa shape index (κ1) is 29.6. The summed E-state index contributed by atoms with van der Waals surface area (Å²) in [7, 11) is -3.88. The molecule has 1 aromatic rings. The largest absolute Gasteiger partial charge is 0.493 e. The third-order valence-electron chi connectivity index (χ3n) is 7.03. The van der Waals surface area contributed by atoms with E-state index in [2.05, 4.69) is 16.8 Å². The molecular formula is C26H36N6O7S. The van der Waals surface area contributed by atoms with E-state index in [1.54, 1.807) is 6.07 Å². The predicted molar refractivity (Wildman–Crippen MR) is 149 cm³/mol. The molecule has 40 heavy (non-hydrogen) atoms. The second-order valence-corrected chi connectivity index (χ2v) is 11.7. The fourth-order valence-corrected chi connectivity index (χ4v) is 6.44. The summed E-state index contributed by atoms with van der Waals surface area (Å²) in [5.74, 6) is 0.225. The number of nitrogens with zero attached hydrogens (tertiary/aromatic N) is 6. The molecule has 0 N–H and O–H groups in total. The lowest BCUT2D eigenvalue weighted by Gasteiger charge is -2.33. The van der Waals surface area contributed by atoms with Gasteiger partial charge in [0.2, 0.25) is 10.0 Å². The van der Waals surface area contributed by atoms with Crippen molar-refractivity contribution in [1.29, 1.82) is 0 Å². The Labute approximate surface area is 234 Å². The van der Waals surface area contributed by atoms with E-state index in [1.165, 1.54) is 16.4 Å². The monoisotopic (exact) mass is 576 g/mol. The van der Waals surface area contributed by atoms with Crippen LogP contribution in [0.1, 0.15) is 45.6 Å². The summed E-state index contributed by atoms with van der Waals surface area (Å²) < 4.78 is 34.5. The van der Waals surface area contributed by atoms with Gasteiger partial charge in [0.05, 0.1) is 22.8 Å². The number of ether oxygens (including phenoxy) is 1. The maximum absolute atomic E-state index is 13.6. The molecule has 218 valence electrons. The van der Waals surface area contributed by atoms with Crippen LogP contribution >= 0.6 is 0 Å². The minimum atomic E-state index is -3.88. The lowest BCUT2D eigenvalue weighted by molar-refractivity contribution is -0.757. The number of benzene rings is 1. The van der Waals surface area contributed by atoms with Gasteiger partial charge in [0.1, 0.15) is 12.4 Å². The van der Waals surface area contributed by atoms with Gasteiger partial charge in [-0.2, -0.15) is 9.30 Å². The minimum absolute atomic E-state index is 0.0555. The molecule has 3 aliphatic heterocycles. The summed E-state index contributed by atoms with van der Waals surface area (Å²) in [4.78, 5) is 41.0. The average molecular weight is 577 g/mol. The standard InChI is InChI=1S/C26H36N6O7S/c1-4-7-19-18-30(6-3)24-23(19)27-25(28-26(24)33)21-17-20(8-9-22(21)38-15-5-2)40(36,37)31-12-10-29(11-13-31)14-16-39-32(34)35/h8-9,17-18,24H,4-7,10-16H2,1-3H3. The van der Waals surface area contributed by atoms with Crippen LogP contribution in [0.15, 0.2) is 44.9 Å². The van der Waals surface area contributed by atoms with Gasteiger partial charge in [0.25, 0.3) is 11.0 Å². The number of piperazine rings is 1. The predicted octanol–water partition coefficient (Wildman–Crippen LogP) is 2.11. The highest BCUT2D eigenvalue weighted by Gasteiger charge is 2.39. The third kappa shape index (κ3) is 6.34. The molecule has 0 spiro atoms. The van der Waals surface area contributed by atoms with Crippen LogP contribution in [0.2, 0.25) is 0 Å². The Kier molecular flexibility index (Phi) is 9.53. The molecule has 14 heteroatoms. The van der Waals surface area contributed by atoms with Crippen molar-refractivity contribution in [2.75, 3.05) is 52.5 Å². The molecule has 13 nitrogen and oxygen atoms in total. The molecule has 3 aliphatic rings. The van der Waals surface area contributed by atoms with Crippen LogP contribution in [-0.2, 0) is 19.7 Å². The van der Waals surface area contributed by atoms with Crippen LogP contribution in [0.3, 0.4) is 0 Å². The van der Waals surface area contributed by atoms with E-state index in [0.717, 1.165) is 24.8 Å². The molecule has 1 unspecified atom stereocenters. The van der Waals surface area contributed by atoms with Crippen LogP contribution < -0.4 is 4.74 Å². The first-order chi connectivity index (χ1) is 19.2. The highest BCUT2D eigenvalue weighted by Crippen LogP contribution is 2.31. The summed E-state index contributed by atoms with van der Waals surface area (Å²) in [5, 5.41) is 9.54. The number of sulfonamides is 1. The Morgan fingerprint density at radius 3 is 2.48 bits per heavy atom. The maximum atomic E-state index is 13.6. The number of amidine groups is 1. The Morgan fingerprint density at radius 1 is 1.07 bits per heavy atom. The van der Waals surface area contributed by atoms with Gasteiger partial charge < -0.3 is 14.5 Å². The molecule has 1 fully saturated rings. The molecule has 1 atom stereocenters. The van der Waals surface area contributed by atoms with E-state index in [9.17, 15) is 23.3 Å². The van der Waals surface area contributed by atoms with Crippen molar-refractivity contribution < 1.29 is 27.9 Å². The zero-order valence-electron chi connectivity index (χ0n) is 23.1. The lowest BCUT2D eigenvalue weighted by atomic mass is 10.0. The van der Waals surface area contributed by atoms with Gasteiger partial charge in [-0.15, -0.1) is 10.1 Å². The van der Waals surface area contributed by atoms with E-state index >= 15 is 0 Å². The van der Waals surface area contributed by atoms with Gasteiger partial charge in [-0.25, -0.2) is 13.4 Å². The van der Waals surface area contributed by atoms with Crippen molar-refractivity contribution in [3.63, 3.8) is 0 Å². The maximum Gasteiger partial charge on any atom is 0.294 e. The first-order valence-corrected chi connectivity index (χ1v) is 15.1. The molecule has 3 heterocycles. The van der Waals surface area contributed by atoms with Crippen molar-refractivity contribution in [2.45, 2.75) is 51.0 Å². The Balaban J connectivity index is 1.61. The zero-order valence-corrected chi connectivity index (χ0v) is 23.9. The number of aliphatic imine (C=N–C) groups is 2. The van der Waals surface area contributed by atoms with Crippen molar-refractivity contribution in [3.8, 4) is 5.75 Å². The van der Waals surface area contributed by atoms with E-state index in [4.69, 9.17) is 9.73 Å². The van der Waals surface area contributed by atoms with Crippen molar-refractivity contribution in [1.82, 2.24) is 14.1 Å². The number of fused-ring (bicyclic) bond motifs is 1. The molecule has 4 rings (SSSR count). The number of carbonyl (C=O) groups excluding carboxylic acids is 1. The number of amides is 1. The molecule has 1 aromatic carbocycles. The normalized spacial score (nSPS) is 20.1. The van der Waals surface area contributed by atoms with Crippen LogP contribution in [0, 0.1) is 10.1 Å². The number of likely N-dealkylation sites (N-methyl/N-ethyl adjacent to an activating group) is 1. The molecule has 0 saturated carbocycles. The minimum Gasteiger partial charge on any atom is -0.493 e. The highest BCUT2D eigenvalue weighted by atomic mass is 32.2. The number of rotatable bonds is 13. The van der Waals surface area contributed by atoms with Gasteiger partial charge in [0, 0.05) is 45.5 Å². The van der Waals surface area contributed by atoms with Crippen LogP contribution in [0.25, 0.3) is 0 Å². The Hall–Kier alpha value is -3.36. The molecule has 0 aliphatic carbocycles. The van der Waals surface area contributed by atoms with Crippen molar-refractivity contribution in [3.05, 3.63) is 45.6 Å². The van der Waals surface area contributed by atoms with Gasteiger partial charge in [-0.05, 0) is 43.5 Å². The quantitative estimate of drug-likeness (QED) is 0.254.